The minimum absolute atomic E-state index is 0.198. The fourth-order valence-electron chi connectivity index (χ4n) is 0.683. The zero-order chi connectivity index (χ0) is 9.46. The van der Waals surface area contributed by atoms with Gasteiger partial charge >= 0.3 is 0 Å². The minimum atomic E-state index is -1.57. The highest BCUT2D eigenvalue weighted by Gasteiger charge is 2.19. The second-order valence-electron chi connectivity index (χ2n) is 2.12. The van der Waals surface area contributed by atoms with Crippen LogP contribution in [0.3, 0.4) is 0 Å². The van der Waals surface area contributed by atoms with Crippen molar-refractivity contribution in [3.05, 3.63) is 17.5 Å². The van der Waals surface area contributed by atoms with Gasteiger partial charge in [0.1, 0.15) is 0 Å². The molecule has 0 heterocycles. The quantitative estimate of drug-likeness (QED) is 0.498. The summed E-state index contributed by atoms with van der Waals surface area (Å²) in [6, 6.07) is 0. The third-order valence-electron chi connectivity index (χ3n) is 1.37. The van der Waals surface area contributed by atoms with Crippen molar-refractivity contribution in [1.82, 2.24) is 0 Å². The van der Waals surface area contributed by atoms with Gasteiger partial charge in [-0.3, -0.25) is 0 Å². The van der Waals surface area contributed by atoms with E-state index in [1.165, 1.54) is 0 Å². The van der Waals surface area contributed by atoms with E-state index in [1.54, 1.807) is 0 Å². The molecule has 1 N–H and O–H groups in total. The monoisotopic (exact) mass is 212 g/mol. The van der Waals surface area contributed by atoms with Gasteiger partial charge in [-0.2, -0.15) is 4.39 Å². The Bertz CT molecular complexity index is 235. The Balaban J connectivity index is 3.60. The van der Waals surface area contributed by atoms with Gasteiger partial charge in [0.2, 0.25) is 5.82 Å². The molecule has 0 fully saturated rings. The molecule has 0 aliphatic carbocycles. The number of rotatable bonds is 0. The van der Waals surface area contributed by atoms with Crippen LogP contribution in [0.25, 0.3) is 0 Å². The van der Waals surface area contributed by atoms with Gasteiger partial charge in [-0.05, 0) is 0 Å². The molecule has 0 bridgehead atoms. The van der Waals surface area contributed by atoms with Gasteiger partial charge in [0, 0.05) is 10.6 Å². The summed E-state index contributed by atoms with van der Waals surface area (Å²) in [4.78, 5) is 0. The van der Waals surface area contributed by atoms with Crippen LogP contribution in [0.15, 0.2) is 0 Å². The van der Waals surface area contributed by atoms with E-state index in [0.717, 1.165) is 0 Å². The maximum absolute atomic E-state index is 12.7. The fourth-order valence-corrected chi connectivity index (χ4v) is 1.20. The lowest BCUT2D eigenvalue weighted by atomic mass is 10.3. The largest absolute Gasteiger partial charge is 0.503 e. The molecule has 0 aromatic heterocycles. The van der Waals surface area contributed by atoms with Gasteiger partial charge in [0.05, 0.1) is 0 Å². The highest BCUT2D eigenvalue weighted by Crippen LogP contribution is 2.21. The number of halogens is 3. The molecule has 0 aliphatic rings. The van der Waals surface area contributed by atoms with Gasteiger partial charge < -0.3 is 5.11 Å². The highest BCUT2D eigenvalue weighted by atomic mass is 31.0. The molecule has 12 heavy (non-hydrogen) atoms. The number of phenolic OH excluding ortho intramolecular Hbond substituents is 1. The molecular weight excluding hydrogens is 207 g/mol. The average Bonchev–Trinajstić information content (AvgIpc) is 2.08. The summed E-state index contributed by atoms with van der Waals surface area (Å²) < 4.78 is 38.0. The van der Waals surface area contributed by atoms with Crippen molar-refractivity contribution in [2.24, 2.45) is 0 Å². The van der Waals surface area contributed by atoms with Crippen molar-refractivity contribution in [2.75, 3.05) is 0 Å². The maximum atomic E-state index is 12.7. The highest BCUT2D eigenvalue weighted by molar-refractivity contribution is 7.35. The van der Waals surface area contributed by atoms with E-state index >= 15 is 0 Å². The van der Waals surface area contributed by atoms with Crippen molar-refractivity contribution in [3.63, 3.8) is 0 Å². The second-order valence-corrected chi connectivity index (χ2v) is 3.27. The minimum Gasteiger partial charge on any atom is -0.503 e. The van der Waals surface area contributed by atoms with Crippen molar-refractivity contribution < 1.29 is 18.3 Å². The Morgan fingerprint density at radius 1 is 0.833 bits per heavy atom. The number of hydrogen-bond acceptors (Lipinski definition) is 1. The molecular formula is C6H5F3OP2. The lowest BCUT2D eigenvalue weighted by Gasteiger charge is -2.05. The molecule has 0 spiro atoms. The van der Waals surface area contributed by atoms with Gasteiger partial charge in [0.25, 0.3) is 0 Å². The van der Waals surface area contributed by atoms with E-state index in [2.05, 4.69) is 0 Å². The van der Waals surface area contributed by atoms with E-state index in [4.69, 9.17) is 5.11 Å². The summed E-state index contributed by atoms with van der Waals surface area (Å²) in [7, 11) is 3.72. The molecule has 0 amide bonds. The third-order valence-corrected chi connectivity index (χ3v) is 2.83. The van der Waals surface area contributed by atoms with Crippen molar-refractivity contribution in [3.8, 4) is 5.75 Å². The Morgan fingerprint density at radius 3 is 1.75 bits per heavy atom. The summed E-state index contributed by atoms with van der Waals surface area (Å²) >= 11 is 0. The number of hydrogen-bond donors (Lipinski definition) is 1. The smallest absolute Gasteiger partial charge is 0.204 e. The van der Waals surface area contributed by atoms with Crippen LogP contribution in [0.2, 0.25) is 0 Å². The first-order chi connectivity index (χ1) is 5.46. The third kappa shape index (κ3) is 1.30. The van der Waals surface area contributed by atoms with Crippen molar-refractivity contribution >= 4 is 29.1 Å². The summed E-state index contributed by atoms with van der Waals surface area (Å²) in [6.45, 7) is 0. The molecule has 1 aromatic carbocycles. The number of aromatic hydroxyl groups is 1. The molecule has 0 saturated heterocycles. The number of phenols is 1. The van der Waals surface area contributed by atoms with E-state index < -0.39 is 23.2 Å². The topological polar surface area (TPSA) is 20.2 Å². The molecule has 1 nitrogen and oxygen atoms in total. The normalized spacial score (nSPS) is 10.4. The second kappa shape index (κ2) is 3.20. The Hall–Kier alpha value is -0.330. The van der Waals surface area contributed by atoms with Gasteiger partial charge in [-0.25, -0.2) is 8.78 Å². The molecule has 2 atom stereocenters. The van der Waals surface area contributed by atoms with Crippen LogP contribution in [-0.4, -0.2) is 5.11 Å². The zero-order valence-corrected chi connectivity index (χ0v) is 8.05. The van der Waals surface area contributed by atoms with Crippen LogP contribution in [0, 0.1) is 17.5 Å². The van der Waals surface area contributed by atoms with Gasteiger partial charge in [-0.15, -0.1) is 18.5 Å². The first kappa shape index (κ1) is 9.76. The molecule has 1 aromatic rings. The Labute approximate surface area is 71.4 Å². The van der Waals surface area contributed by atoms with Crippen LogP contribution in [0.4, 0.5) is 13.2 Å². The Morgan fingerprint density at radius 2 is 1.25 bits per heavy atom. The van der Waals surface area contributed by atoms with E-state index in [9.17, 15) is 13.2 Å². The summed E-state index contributed by atoms with van der Waals surface area (Å²) in [5.74, 6) is -5.28. The lowest BCUT2D eigenvalue weighted by molar-refractivity contribution is 0.381. The van der Waals surface area contributed by atoms with Crippen molar-refractivity contribution in [1.29, 1.82) is 0 Å². The summed E-state index contributed by atoms with van der Waals surface area (Å²) in [5, 5.41) is 8.24. The predicted molar refractivity (Wildman–Crippen MR) is 46.7 cm³/mol. The summed E-state index contributed by atoms with van der Waals surface area (Å²) in [6.07, 6.45) is 0. The first-order valence-corrected chi connectivity index (χ1v) is 4.02. The maximum Gasteiger partial charge on any atom is 0.204 e. The predicted octanol–water partition coefficient (Wildman–Crippen LogP) is 0.810. The average molecular weight is 212 g/mol. The van der Waals surface area contributed by atoms with E-state index in [0.29, 0.717) is 0 Å². The molecule has 0 aliphatic heterocycles. The lowest BCUT2D eigenvalue weighted by Crippen LogP contribution is -2.21. The van der Waals surface area contributed by atoms with Gasteiger partial charge in [-0.1, -0.05) is 0 Å². The molecule has 6 heteroatoms. The van der Waals surface area contributed by atoms with Gasteiger partial charge in [0.15, 0.2) is 17.4 Å². The zero-order valence-electron chi connectivity index (χ0n) is 5.74. The Kier molecular flexibility index (Phi) is 2.60. The SMILES string of the molecule is Oc1c(F)c(F)c(P)c(P)c1F. The fraction of sp³-hybridized carbons (Fsp3) is 0. The van der Waals surface area contributed by atoms with Crippen LogP contribution in [0.1, 0.15) is 0 Å². The van der Waals surface area contributed by atoms with E-state index in [1.807, 2.05) is 18.5 Å². The van der Waals surface area contributed by atoms with Crippen LogP contribution in [-0.2, 0) is 0 Å². The van der Waals surface area contributed by atoms with Crippen LogP contribution in [0.5, 0.6) is 5.75 Å². The molecule has 1 rings (SSSR count). The van der Waals surface area contributed by atoms with Crippen LogP contribution >= 0.6 is 18.5 Å². The van der Waals surface area contributed by atoms with Crippen LogP contribution < -0.4 is 10.6 Å². The molecule has 0 radical (unpaired) electrons. The molecule has 2 unspecified atom stereocenters. The number of benzene rings is 1. The van der Waals surface area contributed by atoms with Crippen molar-refractivity contribution in [2.45, 2.75) is 0 Å². The first-order valence-electron chi connectivity index (χ1n) is 2.87. The standard InChI is InChI=1S/C6H5F3OP2/c7-1-2(8)5(11)6(12)3(9)4(1)10/h10H,11-12H2. The van der Waals surface area contributed by atoms with E-state index in [-0.39, 0.29) is 10.6 Å². The molecule has 0 saturated carbocycles. The molecule has 66 valence electrons. The summed E-state index contributed by atoms with van der Waals surface area (Å²) in [5.41, 5.74) is 0.